The summed E-state index contributed by atoms with van der Waals surface area (Å²) in [7, 11) is 0. The number of carbonyl (C=O) groups excluding carboxylic acids is 3. The predicted octanol–water partition coefficient (Wildman–Crippen LogP) is 2.83. The summed E-state index contributed by atoms with van der Waals surface area (Å²) in [6.07, 6.45) is 4.10. The van der Waals surface area contributed by atoms with Crippen LogP contribution in [0, 0.1) is 11.8 Å². The summed E-state index contributed by atoms with van der Waals surface area (Å²) >= 11 is 1.45. The van der Waals surface area contributed by atoms with E-state index in [0.717, 1.165) is 48.1 Å². The van der Waals surface area contributed by atoms with E-state index < -0.39 is 0 Å². The van der Waals surface area contributed by atoms with Gasteiger partial charge in [0.15, 0.2) is 0 Å². The number of rotatable bonds is 4. The summed E-state index contributed by atoms with van der Waals surface area (Å²) in [4.78, 5) is 42.2. The fraction of sp³-hybridized carbons (Fsp3) is 0.435. The van der Waals surface area contributed by atoms with Gasteiger partial charge in [-0.1, -0.05) is 30.3 Å². The SMILES string of the molecule is O=C(NCc1ccccc1)c1c(N2C(=O)[C@@H]3[C@@H](C2=O)[C@H]2CC[C@H]3O2)sc2c1CCC2. The van der Waals surface area contributed by atoms with Crippen LogP contribution in [0.15, 0.2) is 30.3 Å². The van der Waals surface area contributed by atoms with E-state index >= 15 is 0 Å². The van der Waals surface area contributed by atoms with Crippen molar-refractivity contribution >= 4 is 34.1 Å². The van der Waals surface area contributed by atoms with Crippen molar-refractivity contribution in [3.63, 3.8) is 0 Å². The maximum absolute atomic E-state index is 13.3. The van der Waals surface area contributed by atoms with E-state index in [-0.39, 0.29) is 41.8 Å². The number of thiophene rings is 1. The highest BCUT2D eigenvalue weighted by Crippen LogP contribution is 2.51. The summed E-state index contributed by atoms with van der Waals surface area (Å²) in [6.45, 7) is 0.412. The molecule has 0 unspecified atom stereocenters. The van der Waals surface area contributed by atoms with Gasteiger partial charge in [-0.3, -0.25) is 14.4 Å². The molecule has 0 spiro atoms. The van der Waals surface area contributed by atoms with Crippen LogP contribution in [0.3, 0.4) is 0 Å². The van der Waals surface area contributed by atoms with Crippen LogP contribution in [0.4, 0.5) is 5.00 Å². The Hall–Kier alpha value is -2.51. The second-order valence-electron chi connectivity index (χ2n) is 8.56. The highest BCUT2D eigenvalue weighted by molar-refractivity contribution is 7.17. The number of amides is 3. The Balaban J connectivity index is 1.34. The third-order valence-corrected chi connectivity index (χ3v) is 8.19. The quantitative estimate of drug-likeness (QED) is 0.769. The van der Waals surface area contributed by atoms with Gasteiger partial charge in [-0.25, -0.2) is 4.90 Å². The smallest absolute Gasteiger partial charge is 0.254 e. The summed E-state index contributed by atoms with van der Waals surface area (Å²) in [5.41, 5.74) is 2.55. The zero-order valence-corrected chi connectivity index (χ0v) is 17.2. The van der Waals surface area contributed by atoms with E-state index in [4.69, 9.17) is 4.74 Å². The van der Waals surface area contributed by atoms with Crippen LogP contribution in [0.5, 0.6) is 0 Å². The minimum atomic E-state index is -0.381. The maximum atomic E-state index is 13.3. The Bertz CT molecular complexity index is 1030. The molecule has 0 saturated carbocycles. The van der Waals surface area contributed by atoms with Gasteiger partial charge in [0, 0.05) is 11.4 Å². The lowest BCUT2D eigenvalue weighted by Crippen LogP contribution is -2.35. The second-order valence-corrected chi connectivity index (χ2v) is 9.64. The van der Waals surface area contributed by atoms with Crippen LogP contribution >= 0.6 is 11.3 Å². The van der Waals surface area contributed by atoms with Gasteiger partial charge in [-0.15, -0.1) is 11.3 Å². The number of hydrogen-bond donors (Lipinski definition) is 1. The Morgan fingerprint density at radius 2 is 1.77 bits per heavy atom. The average Bonchev–Trinajstić information content (AvgIpc) is 3.54. The molecule has 4 aliphatic rings. The molecule has 1 aliphatic carbocycles. The first kappa shape index (κ1) is 18.3. The van der Waals surface area contributed by atoms with Crippen LogP contribution in [-0.2, 0) is 33.7 Å². The zero-order chi connectivity index (χ0) is 20.4. The number of ether oxygens (including phenoxy) is 1. The van der Waals surface area contributed by atoms with Gasteiger partial charge in [-0.2, -0.15) is 0 Å². The van der Waals surface area contributed by atoms with Crippen molar-refractivity contribution in [1.29, 1.82) is 0 Å². The molecule has 3 saturated heterocycles. The molecule has 4 atom stereocenters. The topological polar surface area (TPSA) is 75.7 Å². The molecule has 2 aromatic rings. The molecule has 3 amide bonds. The number of benzene rings is 1. The van der Waals surface area contributed by atoms with Crippen molar-refractivity contribution in [2.45, 2.75) is 50.9 Å². The first-order chi connectivity index (χ1) is 14.6. The average molecular weight is 423 g/mol. The van der Waals surface area contributed by atoms with E-state index in [9.17, 15) is 14.4 Å². The zero-order valence-electron chi connectivity index (χ0n) is 16.4. The first-order valence-electron chi connectivity index (χ1n) is 10.6. The van der Waals surface area contributed by atoms with Crippen LogP contribution in [-0.4, -0.2) is 29.9 Å². The van der Waals surface area contributed by atoms with E-state index in [1.807, 2.05) is 30.3 Å². The Kier molecular flexibility index (Phi) is 4.11. The van der Waals surface area contributed by atoms with Crippen molar-refractivity contribution in [2.75, 3.05) is 4.90 Å². The normalized spacial score (nSPS) is 28.9. The molecular weight excluding hydrogens is 400 g/mol. The van der Waals surface area contributed by atoms with Crippen LogP contribution in [0.2, 0.25) is 0 Å². The van der Waals surface area contributed by atoms with E-state index in [0.29, 0.717) is 17.1 Å². The summed E-state index contributed by atoms with van der Waals surface area (Å²) in [6, 6.07) is 9.73. The Morgan fingerprint density at radius 3 is 2.47 bits per heavy atom. The molecule has 2 bridgehead atoms. The molecule has 4 heterocycles. The molecule has 1 aromatic carbocycles. The minimum absolute atomic E-state index is 0.149. The molecule has 6 rings (SSSR count). The maximum Gasteiger partial charge on any atom is 0.254 e. The molecule has 3 fully saturated rings. The van der Waals surface area contributed by atoms with Crippen molar-refractivity contribution < 1.29 is 19.1 Å². The van der Waals surface area contributed by atoms with Gasteiger partial charge in [0.25, 0.3) is 5.91 Å². The third kappa shape index (κ3) is 2.55. The van der Waals surface area contributed by atoms with Gasteiger partial charge < -0.3 is 10.1 Å². The number of imide groups is 1. The van der Waals surface area contributed by atoms with Crippen molar-refractivity contribution in [1.82, 2.24) is 5.32 Å². The Morgan fingerprint density at radius 1 is 1.07 bits per heavy atom. The molecule has 7 heteroatoms. The highest BCUT2D eigenvalue weighted by Gasteiger charge is 2.63. The van der Waals surface area contributed by atoms with Crippen molar-refractivity contribution in [3.05, 3.63) is 51.9 Å². The monoisotopic (exact) mass is 422 g/mol. The minimum Gasteiger partial charge on any atom is -0.373 e. The number of carbonyl (C=O) groups is 3. The number of nitrogens with zero attached hydrogens (tertiary/aromatic N) is 1. The van der Waals surface area contributed by atoms with Gasteiger partial charge in [0.1, 0.15) is 5.00 Å². The fourth-order valence-corrected chi connectivity index (χ4v) is 6.96. The molecule has 30 heavy (non-hydrogen) atoms. The van der Waals surface area contributed by atoms with E-state index in [1.54, 1.807) is 0 Å². The van der Waals surface area contributed by atoms with Gasteiger partial charge >= 0.3 is 0 Å². The molecular formula is C23H22N2O4S. The lowest BCUT2D eigenvalue weighted by Gasteiger charge is -2.18. The molecule has 154 valence electrons. The van der Waals surface area contributed by atoms with Crippen molar-refractivity contribution in [3.8, 4) is 0 Å². The van der Waals surface area contributed by atoms with Crippen LogP contribution in [0.1, 0.15) is 45.6 Å². The number of aryl methyl sites for hydroxylation is 1. The molecule has 3 aliphatic heterocycles. The number of hydrogen-bond acceptors (Lipinski definition) is 5. The van der Waals surface area contributed by atoms with Gasteiger partial charge in [0.05, 0.1) is 29.6 Å². The molecule has 0 radical (unpaired) electrons. The predicted molar refractivity (Wildman–Crippen MR) is 111 cm³/mol. The largest absolute Gasteiger partial charge is 0.373 e. The molecule has 1 N–H and O–H groups in total. The van der Waals surface area contributed by atoms with Gasteiger partial charge in [-0.05, 0) is 43.2 Å². The Labute approximate surface area is 178 Å². The molecule has 6 nitrogen and oxygen atoms in total. The highest BCUT2D eigenvalue weighted by atomic mass is 32.1. The van der Waals surface area contributed by atoms with Crippen LogP contribution < -0.4 is 10.2 Å². The summed E-state index contributed by atoms with van der Waals surface area (Å²) in [5, 5.41) is 3.52. The number of anilines is 1. The fourth-order valence-electron chi connectivity index (χ4n) is 5.56. The second kappa shape index (κ2) is 6.75. The standard InChI is InChI=1S/C23H22N2O4S/c26-20(24-11-12-5-2-1-3-6-12)17-13-7-4-8-16(13)30-23(17)25-21(27)18-14-9-10-15(29-14)19(18)22(25)28/h1-3,5-6,14-15,18-19H,4,7-11H2,(H,24,26)/t14-,15-,18+,19+/m1/s1. The lowest BCUT2D eigenvalue weighted by molar-refractivity contribution is -0.124. The first-order valence-corrected chi connectivity index (χ1v) is 11.4. The van der Waals surface area contributed by atoms with Crippen LogP contribution in [0.25, 0.3) is 0 Å². The number of fused-ring (bicyclic) bond motifs is 6. The molecule has 1 aromatic heterocycles. The summed E-state index contributed by atoms with van der Waals surface area (Å²) in [5.74, 6) is -1.34. The van der Waals surface area contributed by atoms with E-state index in [1.165, 1.54) is 16.2 Å². The van der Waals surface area contributed by atoms with Crippen molar-refractivity contribution in [2.24, 2.45) is 11.8 Å². The third-order valence-electron chi connectivity index (χ3n) is 6.91. The summed E-state index contributed by atoms with van der Waals surface area (Å²) < 4.78 is 5.85. The number of nitrogens with one attached hydrogen (secondary N) is 1. The lowest BCUT2D eigenvalue weighted by atomic mass is 9.81. The van der Waals surface area contributed by atoms with Gasteiger partial charge in [0.2, 0.25) is 11.8 Å². The van der Waals surface area contributed by atoms with E-state index in [2.05, 4.69) is 5.32 Å².